The zero-order chi connectivity index (χ0) is 14.1. The summed E-state index contributed by atoms with van der Waals surface area (Å²) in [5.41, 5.74) is 2.61. The molecule has 1 aliphatic carbocycles. The highest BCUT2D eigenvalue weighted by molar-refractivity contribution is 5.51. The molecule has 5 nitrogen and oxygen atoms in total. The maximum Gasteiger partial charge on any atom is 0.135 e. The standard InChI is InChI=1S/C15H24N4O/c1-11-8-19(7-6-18(11)9-12(2)20)15-13-4-3-5-14(13)16-10-17-15/h10-12,20H,3-9H2,1-2H3/t11-,12-/m1/s1. The summed E-state index contributed by atoms with van der Waals surface area (Å²) in [4.78, 5) is 13.7. The molecule has 1 aromatic rings. The van der Waals surface area contributed by atoms with Crippen LogP contribution in [0.15, 0.2) is 6.33 Å². The predicted molar refractivity (Wildman–Crippen MR) is 79.0 cm³/mol. The molecule has 1 N–H and O–H groups in total. The molecule has 1 aromatic heterocycles. The first-order chi connectivity index (χ1) is 9.65. The van der Waals surface area contributed by atoms with E-state index in [1.807, 2.05) is 6.92 Å². The molecule has 5 heteroatoms. The van der Waals surface area contributed by atoms with Crippen LogP contribution in [0.25, 0.3) is 0 Å². The number of anilines is 1. The minimum Gasteiger partial charge on any atom is -0.392 e. The van der Waals surface area contributed by atoms with Crippen molar-refractivity contribution >= 4 is 5.82 Å². The number of hydrogen-bond donors (Lipinski definition) is 1. The Bertz CT molecular complexity index is 477. The van der Waals surface area contributed by atoms with Crippen molar-refractivity contribution in [3.63, 3.8) is 0 Å². The van der Waals surface area contributed by atoms with Crippen molar-refractivity contribution in [2.75, 3.05) is 31.1 Å². The Hall–Kier alpha value is -1.20. The number of aromatic nitrogens is 2. The molecule has 0 bridgehead atoms. The highest BCUT2D eigenvalue weighted by Crippen LogP contribution is 2.29. The van der Waals surface area contributed by atoms with Crippen LogP contribution in [0.1, 0.15) is 31.5 Å². The third-order valence-electron chi connectivity index (χ3n) is 4.42. The summed E-state index contributed by atoms with van der Waals surface area (Å²) in [5, 5.41) is 9.56. The second-order valence-electron chi connectivity index (χ2n) is 6.12. The van der Waals surface area contributed by atoms with E-state index in [2.05, 4.69) is 26.7 Å². The van der Waals surface area contributed by atoms with E-state index in [1.165, 1.54) is 17.7 Å². The normalized spacial score (nSPS) is 24.8. The summed E-state index contributed by atoms with van der Waals surface area (Å²) < 4.78 is 0. The lowest BCUT2D eigenvalue weighted by atomic mass is 10.1. The Kier molecular flexibility index (Phi) is 3.89. The first-order valence-electron chi connectivity index (χ1n) is 7.65. The van der Waals surface area contributed by atoms with Gasteiger partial charge in [0, 0.05) is 43.5 Å². The number of aliphatic hydroxyl groups excluding tert-OH is 1. The molecule has 3 rings (SSSR count). The van der Waals surface area contributed by atoms with Crippen molar-refractivity contribution in [3.05, 3.63) is 17.6 Å². The predicted octanol–water partition coefficient (Wildman–Crippen LogP) is 0.857. The van der Waals surface area contributed by atoms with Crippen molar-refractivity contribution in [2.24, 2.45) is 0 Å². The van der Waals surface area contributed by atoms with Crippen LogP contribution in [-0.4, -0.2) is 58.3 Å². The number of nitrogens with zero attached hydrogens (tertiary/aromatic N) is 4. The fraction of sp³-hybridized carbons (Fsp3) is 0.733. The second kappa shape index (κ2) is 5.66. The van der Waals surface area contributed by atoms with Crippen LogP contribution in [0.3, 0.4) is 0 Å². The Morgan fingerprint density at radius 1 is 1.35 bits per heavy atom. The van der Waals surface area contributed by atoms with E-state index in [1.54, 1.807) is 6.33 Å². The van der Waals surface area contributed by atoms with Gasteiger partial charge in [0.1, 0.15) is 12.1 Å². The van der Waals surface area contributed by atoms with Gasteiger partial charge >= 0.3 is 0 Å². The fourth-order valence-corrected chi connectivity index (χ4v) is 3.41. The van der Waals surface area contributed by atoms with Gasteiger partial charge in [-0.3, -0.25) is 4.90 Å². The largest absolute Gasteiger partial charge is 0.392 e. The summed E-state index contributed by atoms with van der Waals surface area (Å²) in [6.07, 6.45) is 4.88. The third-order valence-corrected chi connectivity index (χ3v) is 4.42. The van der Waals surface area contributed by atoms with Gasteiger partial charge in [0.15, 0.2) is 0 Å². The summed E-state index contributed by atoms with van der Waals surface area (Å²) in [6, 6.07) is 0.449. The number of aliphatic hydroxyl groups is 1. The Morgan fingerprint density at radius 3 is 2.95 bits per heavy atom. The molecular formula is C15H24N4O. The number of β-amino-alcohol motifs (C(OH)–C–C–N with tert-alkyl or cyclic N) is 1. The number of fused-ring (bicyclic) bond motifs is 1. The lowest BCUT2D eigenvalue weighted by Crippen LogP contribution is -2.54. The van der Waals surface area contributed by atoms with E-state index in [0.29, 0.717) is 6.04 Å². The third kappa shape index (κ3) is 2.65. The van der Waals surface area contributed by atoms with Gasteiger partial charge in [-0.1, -0.05) is 0 Å². The number of hydrogen-bond acceptors (Lipinski definition) is 5. The topological polar surface area (TPSA) is 52.5 Å². The van der Waals surface area contributed by atoms with Gasteiger partial charge in [-0.2, -0.15) is 0 Å². The minimum atomic E-state index is -0.257. The van der Waals surface area contributed by atoms with Crippen LogP contribution >= 0.6 is 0 Å². The van der Waals surface area contributed by atoms with Crippen LogP contribution in [0, 0.1) is 0 Å². The quantitative estimate of drug-likeness (QED) is 0.887. The molecule has 1 aliphatic heterocycles. The highest BCUT2D eigenvalue weighted by Gasteiger charge is 2.28. The van der Waals surface area contributed by atoms with Gasteiger partial charge in [0.2, 0.25) is 0 Å². The smallest absolute Gasteiger partial charge is 0.135 e. The highest BCUT2D eigenvalue weighted by atomic mass is 16.3. The van der Waals surface area contributed by atoms with Crippen LogP contribution < -0.4 is 4.90 Å². The monoisotopic (exact) mass is 276 g/mol. The first-order valence-corrected chi connectivity index (χ1v) is 7.65. The minimum absolute atomic E-state index is 0.257. The molecule has 2 aliphatic rings. The van der Waals surface area contributed by atoms with E-state index in [4.69, 9.17) is 0 Å². The molecule has 0 radical (unpaired) electrons. The summed E-state index contributed by atoms with van der Waals surface area (Å²) in [5.74, 6) is 1.15. The SMILES string of the molecule is C[C@@H]1CN(c2ncnc3c2CCC3)CCN1C[C@@H](C)O. The lowest BCUT2D eigenvalue weighted by molar-refractivity contribution is 0.0958. The van der Waals surface area contributed by atoms with Crippen molar-refractivity contribution in [2.45, 2.75) is 45.3 Å². The molecular weight excluding hydrogens is 252 g/mol. The number of rotatable bonds is 3. The maximum absolute atomic E-state index is 9.56. The summed E-state index contributed by atoms with van der Waals surface area (Å²) >= 11 is 0. The fourth-order valence-electron chi connectivity index (χ4n) is 3.41. The average molecular weight is 276 g/mol. The van der Waals surface area contributed by atoms with E-state index < -0.39 is 0 Å². The van der Waals surface area contributed by atoms with Gasteiger partial charge in [0.25, 0.3) is 0 Å². The zero-order valence-corrected chi connectivity index (χ0v) is 12.4. The zero-order valence-electron chi connectivity index (χ0n) is 12.4. The number of piperazine rings is 1. The molecule has 0 saturated carbocycles. The summed E-state index contributed by atoms with van der Waals surface area (Å²) in [7, 11) is 0. The molecule has 110 valence electrons. The van der Waals surface area contributed by atoms with Gasteiger partial charge in [-0.25, -0.2) is 9.97 Å². The molecule has 1 saturated heterocycles. The van der Waals surface area contributed by atoms with E-state index in [-0.39, 0.29) is 6.10 Å². The first kappa shape index (κ1) is 13.8. The molecule has 0 aromatic carbocycles. The second-order valence-corrected chi connectivity index (χ2v) is 6.12. The van der Waals surface area contributed by atoms with Gasteiger partial charge < -0.3 is 10.0 Å². The number of aryl methyl sites for hydroxylation is 1. The van der Waals surface area contributed by atoms with Crippen molar-refractivity contribution in [3.8, 4) is 0 Å². The molecule has 2 atom stereocenters. The van der Waals surface area contributed by atoms with Gasteiger partial charge in [-0.05, 0) is 33.1 Å². The van der Waals surface area contributed by atoms with Crippen LogP contribution in [0.5, 0.6) is 0 Å². The van der Waals surface area contributed by atoms with Crippen molar-refractivity contribution in [1.29, 1.82) is 0 Å². The Labute approximate surface area is 120 Å². The molecule has 20 heavy (non-hydrogen) atoms. The molecule has 0 spiro atoms. The Morgan fingerprint density at radius 2 is 2.20 bits per heavy atom. The van der Waals surface area contributed by atoms with Crippen LogP contribution in [0.2, 0.25) is 0 Å². The average Bonchev–Trinajstić information content (AvgIpc) is 2.88. The van der Waals surface area contributed by atoms with Gasteiger partial charge in [-0.15, -0.1) is 0 Å². The van der Waals surface area contributed by atoms with E-state index >= 15 is 0 Å². The van der Waals surface area contributed by atoms with E-state index in [0.717, 1.165) is 44.8 Å². The van der Waals surface area contributed by atoms with Crippen LogP contribution in [-0.2, 0) is 12.8 Å². The maximum atomic E-state index is 9.56. The van der Waals surface area contributed by atoms with Gasteiger partial charge in [0.05, 0.1) is 6.10 Å². The van der Waals surface area contributed by atoms with Crippen LogP contribution in [0.4, 0.5) is 5.82 Å². The molecule has 1 fully saturated rings. The van der Waals surface area contributed by atoms with E-state index in [9.17, 15) is 5.11 Å². The lowest BCUT2D eigenvalue weighted by Gasteiger charge is -2.41. The molecule has 0 unspecified atom stereocenters. The molecule has 2 heterocycles. The van der Waals surface area contributed by atoms with Crippen molar-refractivity contribution < 1.29 is 5.11 Å². The Balaban J connectivity index is 1.73. The summed E-state index contributed by atoms with van der Waals surface area (Å²) in [6.45, 7) is 7.81. The molecule has 0 amide bonds. The van der Waals surface area contributed by atoms with Crippen molar-refractivity contribution in [1.82, 2.24) is 14.9 Å².